The number of hydrogen-bond acceptors (Lipinski definition) is 4. The van der Waals surface area contributed by atoms with Crippen molar-refractivity contribution in [2.24, 2.45) is 11.8 Å². The standard InChI is InChI=1S/C19H28N2O2/c1-13(2)6-7-23-18-10-16-5-4-14(3)21(19(16)20-11-18)17-8-15(9-17)12-22/h10-11,13,15,17,22H,3-9,12H2,1-2H3/t15-,17-. The Bertz CT molecular complexity index is 564. The van der Waals surface area contributed by atoms with Crippen LogP contribution < -0.4 is 9.64 Å². The number of fused-ring (bicyclic) bond motifs is 1. The molecular weight excluding hydrogens is 288 g/mol. The molecule has 4 heteroatoms. The third-order valence-electron chi connectivity index (χ3n) is 4.97. The van der Waals surface area contributed by atoms with E-state index in [1.54, 1.807) is 0 Å². The average molecular weight is 316 g/mol. The van der Waals surface area contributed by atoms with Gasteiger partial charge in [0.2, 0.25) is 0 Å². The summed E-state index contributed by atoms with van der Waals surface area (Å²) in [6, 6.07) is 2.59. The van der Waals surface area contributed by atoms with Gasteiger partial charge in [-0.25, -0.2) is 4.98 Å². The van der Waals surface area contributed by atoms with E-state index in [0.717, 1.165) is 56.0 Å². The molecule has 0 unspecified atom stereocenters. The van der Waals surface area contributed by atoms with Gasteiger partial charge >= 0.3 is 0 Å². The normalized spacial score (nSPS) is 23.7. The number of aromatic nitrogens is 1. The van der Waals surface area contributed by atoms with Crippen molar-refractivity contribution in [3.05, 3.63) is 30.1 Å². The van der Waals surface area contributed by atoms with E-state index in [-0.39, 0.29) is 0 Å². The predicted octanol–water partition coefficient (Wildman–Crippen LogP) is 3.54. The number of ether oxygens (including phenoxy) is 1. The van der Waals surface area contributed by atoms with E-state index >= 15 is 0 Å². The summed E-state index contributed by atoms with van der Waals surface area (Å²) in [5.41, 5.74) is 2.41. The zero-order valence-electron chi connectivity index (χ0n) is 14.3. The number of rotatable bonds is 6. The van der Waals surface area contributed by atoms with Gasteiger partial charge in [0.05, 0.1) is 12.8 Å². The van der Waals surface area contributed by atoms with Gasteiger partial charge in [-0.2, -0.15) is 0 Å². The maximum Gasteiger partial charge on any atom is 0.138 e. The highest BCUT2D eigenvalue weighted by Gasteiger charge is 2.37. The van der Waals surface area contributed by atoms with Gasteiger partial charge in [-0.15, -0.1) is 0 Å². The summed E-state index contributed by atoms with van der Waals surface area (Å²) < 4.78 is 5.84. The van der Waals surface area contributed by atoms with Crippen molar-refractivity contribution >= 4 is 5.82 Å². The molecule has 1 aromatic rings. The maximum atomic E-state index is 9.25. The van der Waals surface area contributed by atoms with E-state index in [0.29, 0.717) is 24.5 Å². The minimum atomic E-state index is 0.291. The van der Waals surface area contributed by atoms with E-state index in [1.807, 2.05) is 6.20 Å². The monoisotopic (exact) mass is 316 g/mol. The lowest BCUT2D eigenvalue weighted by molar-refractivity contribution is 0.141. The molecule has 0 spiro atoms. The second kappa shape index (κ2) is 6.91. The van der Waals surface area contributed by atoms with Crippen LogP contribution in [0.25, 0.3) is 0 Å². The van der Waals surface area contributed by atoms with Gasteiger partial charge < -0.3 is 14.7 Å². The molecule has 0 aromatic carbocycles. The van der Waals surface area contributed by atoms with Crippen LogP contribution in [0.4, 0.5) is 5.82 Å². The summed E-state index contributed by atoms with van der Waals surface area (Å²) in [5, 5.41) is 9.25. The zero-order valence-corrected chi connectivity index (χ0v) is 14.3. The third-order valence-corrected chi connectivity index (χ3v) is 4.97. The number of nitrogens with zero attached hydrogens (tertiary/aromatic N) is 2. The fourth-order valence-corrected chi connectivity index (χ4v) is 3.41. The molecule has 23 heavy (non-hydrogen) atoms. The molecule has 0 bridgehead atoms. The van der Waals surface area contributed by atoms with Crippen molar-refractivity contribution in [3.63, 3.8) is 0 Å². The fraction of sp³-hybridized carbons (Fsp3) is 0.632. The van der Waals surface area contributed by atoms with Crippen LogP contribution in [0.1, 0.15) is 45.1 Å². The first-order valence-electron chi connectivity index (χ1n) is 8.78. The summed E-state index contributed by atoms with van der Waals surface area (Å²) in [4.78, 5) is 6.97. The smallest absolute Gasteiger partial charge is 0.138 e. The number of hydrogen-bond donors (Lipinski definition) is 1. The van der Waals surface area contributed by atoms with Crippen LogP contribution in [0.15, 0.2) is 24.5 Å². The molecule has 2 heterocycles. The average Bonchev–Trinajstić information content (AvgIpc) is 2.48. The van der Waals surface area contributed by atoms with Gasteiger partial charge in [0.1, 0.15) is 11.6 Å². The van der Waals surface area contributed by atoms with Crippen molar-refractivity contribution < 1.29 is 9.84 Å². The fourth-order valence-electron chi connectivity index (χ4n) is 3.41. The van der Waals surface area contributed by atoms with Gasteiger partial charge in [-0.1, -0.05) is 20.4 Å². The SMILES string of the molecule is C=C1CCc2cc(OCCC(C)C)cnc2N1[C@H]1C[C@H](CO)C1. The second-order valence-corrected chi connectivity index (χ2v) is 7.29. The summed E-state index contributed by atoms with van der Waals surface area (Å²) in [6.45, 7) is 9.68. The first kappa shape index (κ1) is 16.3. The maximum absolute atomic E-state index is 9.25. The lowest BCUT2D eigenvalue weighted by Crippen LogP contribution is -2.47. The summed E-state index contributed by atoms with van der Waals surface area (Å²) in [7, 11) is 0. The molecule has 2 aliphatic rings. The van der Waals surface area contributed by atoms with Crippen LogP contribution in [0.3, 0.4) is 0 Å². The molecule has 0 radical (unpaired) electrons. The molecule has 4 nitrogen and oxygen atoms in total. The van der Waals surface area contributed by atoms with Crippen molar-refractivity contribution in [1.82, 2.24) is 4.98 Å². The van der Waals surface area contributed by atoms with E-state index in [4.69, 9.17) is 4.74 Å². The number of anilines is 1. The third kappa shape index (κ3) is 3.52. The summed E-state index contributed by atoms with van der Waals surface area (Å²) in [6.07, 6.45) is 6.92. The predicted molar refractivity (Wildman–Crippen MR) is 92.7 cm³/mol. The first-order valence-corrected chi connectivity index (χ1v) is 8.78. The van der Waals surface area contributed by atoms with Crippen LogP contribution in [-0.4, -0.2) is 29.3 Å². The van der Waals surface area contributed by atoms with Gasteiger partial charge in [0.15, 0.2) is 0 Å². The first-order chi connectivity index (χ1) is 11.1. The molecule has 3 rings (SSSR count). The van der Waals surface area contributed by atoms with Crippen molar-refractivity contribution in [3.8, 4) is 5.75 Å². The van der Waals surface area contributed by atoms with E-state index in [2.05, 4.69) is 36.4 Å². The number of aryl methyl sites for hydroxylation is 1. The summed E-state index contributed by atoms with van der Waals surface area (Å²) >= 11 is 0. The van der Waals surface area contributed by atoms with Gasteiger partial charge in [-0.3, -0.25) is 0 Å². The highest BCUT2D eigenvalue weighted by Crippen LogP contribution is 2.41. The van der Waals surface area contributed by atoms with Crippen molar-refractivity contribution in [2.75, 3.05) is 18.1 Å². The van der Waals surface area contributed by atoms with Crippen LogP contribution in [0.5, 0.6) is 5.75 Å². The highest BCUT2D eigenvalue weighted by molar-refractivity contribution is 5.58. The Hall–Kier alpha value is -1.55. The molecule has 0 amide bonds. The van der Waals surface area contributed by atoms with E-state index in [1.165, 1.54) is 5.56 Å². The van der Waals surface area contributed by atoms with Crippen LogP contribution in [0.2, 0.25) is 0 Å². The van der Waals surface area contributed by atoms with Crippen LogP contribution in [0, 0.1) is 11.8 Å². The van der Waals surface area contributed by atoms with Crippen molar-refractivity contribution in [1.29, 1.82) is 0 Å². The number of pyridine rings is 1. The molecule has 1 N–H and O–H groups in total. The minimum absolute atomic E-state index is 0.291. The molecule has 1 aliphatic heterocycles. The molecule has 1 saturated carbocycles. The van der Waals surface area contributed by atoms with Crippen LogP contribution >= 0.6 is 0 Å². The molecule has 1 fully saturated rings. The molecule has 1 aromatic heterocycles. The lowest BCUT2D eigenvalue weighted by atomic mass is 9.79. The minimum Gasteiger partial charge on any atom is -0.492 e. The topological polar surface area (TPSA) is 45.6 Å². The molecule has 0 saturated heterocycles. The van der Waals surface area contributed by atoms with Gasteiger partial charge in [0.25, 0.3) is 0 Å². The summed E-state index contributed by atoms with van der Waals surface area (Å²) in [5.74, 6) is 3.01. The highest BCUT2D eigenvalue weighted by atomic mass is 16.5. The molecule has 1 aliphatic carbocycles. The Balaban J connectivity index is 1.71. The zero-order chi connectivity index (χ0) is 16.4. The Morgan fingerprint density at radius 1 is 1.39 bits per heavy atom. The van der Waals surface area contributed by atoms with E-state index in [9.17, 15) is 5.11 Å². The Morgan fingerprint density at radius 3 is 2.87 bits per heavy atom. The van der Waals surface area contributed by atoms with Crippen LogP contribution in [-0.2, 0) is 6.42 Å². The van der Waals surface area contributed by atoms with E-state index < -0.39 is 0 Å². The molecule has 126 valence electrons. The number of aliphatic hydroxyl groups excluding tert-OH is 1. The van der Waals surface area contributed by atoms with Gasteiger partial charge in [0, 0.05) is 18.3 Å². The number of aliphatic hydroxyl groups is 1. The second-order valence-electron chi connectivity index (χ2n) is 7.29. The Labute approximate surface area is 139 Å². The Kier molecular flexibility index (Phi) is 4.90. The number of allylic oxidation sites excluding steroid dienone is 1. The molecule has 0 atom stereocenters. The molecular formula is C19H28N2O2. The quantitative estimate of drug-likeness (QED) is 0.872. The van der Waals surface area contributed by atoms with Gasteiger partial charge in [-0.05, 0) is 55.6 Å². The lowest BCUT2D eigenvalue weighted by Gasteiger charge is -2.46. The largest absolute Gasteiger partial charge is 0.492 e. The Morgan fingerprint density at radius 2 is 2.17 bits per heavy atom. The van der Waals surface area contributed by atoms with Crippen molar-refractivity contribution in [2.45, 2.75) is 52.0 Å².